The average Bonchev–Trinajstić information content (AvgIpc) is 3.63. The summed E-state index contributed by atoms with van der Waals surface area (Å²) in [5, 5.41) is 14.6. The van der Waals surface area contributed by atoms with Crippen LogP contribution in [0.3, 0.4) is 0 Å². The third kappa shape index (κ3) is 5.31. The maximum absolute atomic E-state index is 13.6. The van der Waals surface area contributed by atoms with Crippen LogP contribution in [0, 0.1) is 6.92 Å². The van der Waals surface area contributed by atoms with Crippen LogP contribution in [0.5, 0.6) is 0 Å². The molecule has 2 aliphatic rings. The van der Waals surface area contributed by atoms with Crippen molar-refractivity contribution in [3.8, 4) is 0 Å². The molecule has 0 bridgehead atoms. The van der Waals surface area contributed by atoms with E-state index in [1.807, 2.05) is 28.9 Å². The number of hydrogen-bond donors (Lipinski definition) is 1. The summed E-state index contributed by atoms with van der Waals surface area (Å²) >= 11 is 6.33. The molecule has 39 heavy (non-hydrogen) atoms. The second kappa shape index (κ2) is 11.1. The van der Waals surface area contributed by atoms with Crippen molar-refractivity contribution >= 4 is 28.2 Å². The Labute approximate surface area is 232 Å². The molecular weight excluding hydrogens is 514 g/mol. The Kier molecular flexibility index (Phi) is 7.38. The zero-order valence-corrected chi connectivity index (χ0v) is 23.2. The standard InChI is InChI=1S/C29H34ClN7O2/c1-3-20-7-9-25-21(15-20)16-24(29(38)31-25)27(28-32-33-34-37(28)18-23-5-4-14-39-23)36-12-10-35(11-13-36)26-17-22(30)8-6-19(26)2/h6-9,15-17,23,27H,3-5,10-14,18H2,1-2H3,(H,31,38). The molecule has 2 atom stereocenters. The molecule has 2 aromatic carbocycles. The van der Waals surface area contributed by atoms with Gasteiger partial charge in [-0.15, -0.1) is 5.10 Å². The summed E-state index contributed by atoms with van der Waals surface area (Å²) in [6, 6.07) is 13.9. The Morgan fingerprint density at radius 1 is 1.13 bits per heavy atom. The lowest BCUT2D eigenvalue weighted by molar-refractivity contribution is 0.0906. The highest BCUT2D eigenvalue weighted by Gasteiger charge is 2.34. The maximum atomic E-state index is 13.6. The summed E-state index contributed by atoms with van der Waals surface area (Å²) in [4.78, 5) is 21.4. The van der Waals surface area contributed by atoms with Gasteiger partial charge in [0, 0.05) is 54.6 Å². The lowest BCUT2D eigenvalue weighted by atomic mass is 10.0. The van der Waals surface area contributed by atoms with E-state index in [1.54, 1.807) is 0 Å². The van der Waals surface area contributed by atoms with E-state index >= 15 is 0 Å². The van der Waals surface area contributed by atoms with E-state index in [-0.39, 0.29) is 17.7 Å². The van der Waals surface area contributed by atoms with Crippen LogP contribution in [0.1, 0.15) is 48.3 Å². The van der Waals surface area contributed by atoms with Gasteiger partial charge in [-0.2, -0.15) is 0 Å². The molecule has 4 heterocycles. The van der Waals surface area contributed by atoms with Gasteiger partial charge in [-0.05, 0) is 83.5 Å². The van der Waals surface area contributed by atoms with Crippen molar-refractivity contribution in [1.82, 2.24) is 30.1 Å². The first kappa shape index (κ1) is 26.0. The molecular formula is C29H34ClN7O2. The summed E-state index contributed by atoms with van der Waals surface area (Å²) in [6.45, 7) is 8.68. The molecule has 0 aliphatic carbocycles. The maximum Gasteiger partial charge on any atom is 0.253 e. The van der Waals surface area contributed by atoms with Gasteiger partial charge in [-0.1, -0.05) is 30.7 Å². The second-order valence-corrected chi connectivity index (χ2v) is 11.0. The minimum atomic E-state index is -0.387. The van der Waals surface area contributed by atoms with Crippen molar-refractivity contribution in [1.29, 1.82) is 0 Å². The van der Waals surface area contributed by atoms with Crippen molar-refractivity contribution in [3.63, 3.8) is 0 Å². The van der Waals surface area contributed by atoms with Crippen LogP contribution in [-0.4, -0.2) is 69.0 Å². The summed E-state index contributed by atoms with van der Waals surface area (Å²) < 4.78 is 7.72. The zero-order valence-electron chi connectivity index (χ0n) is 22.4. The summed E-state index contributed by atoms with van der Waals surface area (Å²) in [5.74, 6) is 0.675. The molecule has 204 valence electrons. The molecule has 0 radical (unpaired) electrons. The van der Waals surface area contributed by atoms with Crippen LogP contribution in [0.2, 0.25) is 5.02 Å². The number of ether oxygens (including phenoxy) is 1. The fraction of sp³-hybridized carbons (Fsp3) is 0.448. The molecule has 0 spiro atoms. The van der Waals surface area contributed by atoms with Gasteiger partial charge in [0.1, 0.15) is 6.04 Å². The highest BCUT2D eigenvalue weighted by atomic mass is 35.5. The molecule has 0 saturated carbocycles. The SMILES string of the molecule is CCc1ccc2[nH]c(=O)c(C(c3nnnn3CC3CCCO3)N3CCN(c4cc(Cl)ccc4C)CC3)cc2c1. The smallest absolute Gasteiger partial charge is 0.253 e. The van der Waals surface area contributed by atoms with E-state index in [1.165, 1.54) is 11.1 Å². The van der Waals surface area contributed by atoms with Crippen molar-refractivity contribution < 1.29 is 4.74 Å². The van der Waals surface area contributed by atoms with Crippen LogP contribution in [-0.2, 0) is 17.7 Å². The molecule has 2 saturated heterocycles. The third-order valence-electron chi connectivity index (χ3n) is 8.04. The summed E-state index contributed by atoms with van der Waals surface area (Å²) in [5.41, 5.74) is 4.95. The van der Waals surface area contributed by atoms with Crippen molar-refractivity contribution in [3.05, 3.63) is 80.4 Å². The van der Waals surface area contributed by atoms with Crippen LogP contribution in [0.15, 0.2) is 47.3 Å². The van der Waals surface area contributed by atoms with Gasteiger partial charge in [0.05, 0.1) is 12.6 Å². The first-order chi connectivity index (χ1) is 19.0. The van der Waals surface area contributed by atoms with Crippen molar-refractivity contribution in [2.45, 2.75) is 51.8 Å². The van der Waals surface area contributed by atoms with Crippen LogP contribution in [0.25, 0.3) is 10.9 Å². The average molecular weight is 548 g/mol. The number of H-pyrrole nitrogens is 1. The van der Waals surface area contributed by atoms with Gasteiger partial charge >= 0.3 is 0 Å². The van der Waals surface area contributed by atoms with Crippen molar-refractivity contribution in [2.24, 2.45) is 0 Å². The normalized spacial score (nSPS) is 19.2. The third-order valence-corrected chi connectivity index (χ3v) is 8.27. The fourth-order valence-corrected chi connectivity index (χ4v) is 6.02. The molecule has 2 aromatic heterocycles. The molecule has 2 aliphatic heterocycles. The summed E-state index contributed by atoms with van der Waals surface area (Å²) in [6.07, 6.45) is 3.04. The number of benzene rings is 2. The number of rotatable bonds is 7. The Morgan fingerprint density at radius 2 is 1.97 bits per heavy atom. The number of pyridine rings is 1. The number of tetrazole rings is 1. The molecule has 6 rings (SSSR count). The van der Waals surface area contributed by atoms with E-state index in [0.29, 0.717) is 17.9 Å². The number of fused-ring (bicyclic) bond motifs is 1. The zero-order chi connectivity index (χ0) is 26.9. The van der Waals surface area contributed by atoms with Crippen LogP contribution >= 0.6 is 11.6 Å². The quantitative estimate of drug-likeness (QED) is 0.372. The van der Waals surface area contributed by atoms with Crippen molar-refractivity contribution in [2.75, 3.05) is 37.7 Å². The van der Waals surface area contributed by atoms with Gasteiger partial charge < -0.3 is 14.6 Å². The largest absolute Gasteiger partial charge is 0.376 e. The Hall–Kier alpha value is -3.27. The topological polar surface area (TPSA) is 92.2 Å². The molecule has 9 nitrogen and oxygen atoms in total. The van der Waals surface area contributed by atoms with Gasteiger partial charge in [0.15, 0.2) is 5.82 Å². The monoisotopic (exact) mass is 547 g/mol. The lowest BCUT2D eigenvalue weighted by Crippen LogP contribution is -2.49. The minimum absolute atomic E-state index is 0.0811. The molecule has 0 amide bonds. The predicted molar refractivity (Wildman–Crippen MR) is 153 cm³/mol. The van der Waals surface area contributed by atoms with Gasteiger partial charge in [-0.3, -0.25) is 9.69 Å². The molecule has 2 fully saturated rings. The molecule has 1 N–H and O–H groups in total. The number of hydrogen-bond acceptors (Lipinski definition) is 7. The number of aromatic nitrogens is 5. The first-order valence-corrected chi connectivity index (χ1v) is 14.2. The number of anilines is 1. The van der Waals surface area contributed by atoms with Crippen LogP contribution < -0.4 is 10.5 Å². The number of nitrogens with zero attached hydrogens (tertiary/aromatic N) is 6. The number of halogens is 1. The van der Waals surface area contributed by atoms with Gasteiger partial charge in [0.25, 0.3) is 5.56 Å². The van der Waals surface area contributed by atoms with E-state index in [4.69, 9.17) is 16.3 Å². The highest BCUT2D eigenvalue weighted by molar-refractivity contribution is 6.30. The Balaban J connectivity index is 1.37. The Morgan fingerprint density at radius 3 is 2.74 bits per heavy atom. The van der Waals surface area contributed by atoms with E-state index in [9.17, 15) is 4.79 Å². The van der Waals surface area contributed by atoms with E-state index in [0.717, 1.165) is 73.7 Å². The first-order valence-electron chi connectivity index (χ1n) is 13.8. The van der Waals surface area contributed by atoms with Crippen LogP contribution in [0.4, 0.5) is 5.69 Å². The van der Waals surface area contributed by atoms with Gasteiger partial charge in [-0.25, -0.2) is 4.68 Å². The van der Waals surface area contributed by atoms with E-state index < -0.39 is 0 Å². The second-order valence-electron chi connectivity index (χ2n) is 10.5. The predicted octanol–water partition coefficient (Wildman–Crippen LogP) is 4.13. The molecule has 4 aromatic rings. The highest BCUT2D eigenvalue weighted by Crippen LogP contribution is 2.31. The number of aromatic amines is 1. The number of aryl methyl sites for hydroxylation is 2. The minimum Gasteiger partial charge on any atom is -0.376 e. The van der Waals surface area contributed by atoms with Gasteiger partial charge in [0.2, 0.25) is 0 Å². The van der Waals surface area contributed by atoms with E-state index in [2.05, 4.69) is 62.4 Å². The summed E-state index contributed by atoms with van der Waals surface area (Å²) in [7, 11) is 0. The number of nitrogens with one attached hydrogen (secondary N) is 1. The molecule has 10 heteroatoms. The molecule has 2 unspecified atom stereocenters. The lowest BCUT2D eigenvalue weighted by Gasteiger charge is -2.40. The fourth-order valence-electron chi connectivity index (χ4n) is 5.86. The Bertz CT molecular complexity index is 1520. The number of piperazine rings is 1.